The van der Waals surface area contributed by atoms with Crippen molar-refractivity contribution in [3.63, 3.8) is 0 Å². The lowest BCUT2D eigenvalue weighted by atomic mass is 10.3. The van der Waals surface area contributed by atoms with Gasteiger partial charge in [-0.2, -0.15) is 0 Å². The number of nitrogens with one attached hydrogen (secondary N) is 1. The number of anilines is 3. The Balaban J connectivity index is 2.28. The van der Waals surface area contributed by atoms with E-state index in [1.54, 1.807) is 6.20 Å². The zero-order valence-electron chi connectivity index (χ0n) is 8.44. The molecule has 2 rings (SSSR count). The molecule has 0 saturated heterocycles. The average molecular weight is 200 g/mol. The van der Waals surface area contributed by atoms with E-state index in [0.29, 0.717) is 11.6 Å². The van der Waals surface area contributed by atoms with Crippen LogP contribution in [0, 0.1) is 6.92 Å². The minimum absolute atomic E-state index is 0.407. The summed E-state index contributed by atoms with van der Waals surface area (Å²) in [6.07, 6.45) is 1.64. The van der Waals surface area contributed by atoms with Crippen molar-refractivity contribution >= 4 is 17.3 Å². The van der Waals surface area contributed by atoms with Gasteiger partial charge in [0.1, 0.15) is 0 Å². The minimum Gasteiger partial charge on any atom is -0.381 e. The van der Waals surface area contributed by atoms with Crippen molar-refractivity contribution < 1.29 is 0 Å². The molecule has 0 aliphatic heterocycles. The van der Waals surface area contributed by atoms with Crippen LogP contribution in [0.2, 0.25) is 0 Å². The van der Waals surface area contributed by atoms with Gasteiger partial charge in [0.2, 0.25) is 0 Å². The van der Waals surface area contributed by atoms with E-state index in [2.05, 4.69) is 15.3 Å². The van der Waals surface area contributed by atoms with Crippen LogP contribution in [-0.4, -0.2) is 9.97 Å². The number of benzene rings is 1. The quantitative estimate of drug-likeness (QED) is 0.779. The molecule has 1 heterocycles. The first kappa shape index (κ1) is 9.45. The largest absolute Gasteiger partial charge is 0.381 e. The molecule has 0 fully saturated rings. The van der Waals surface area contributed by atoms with E-state index in [1.165, 1.54) is 0 Å². The molecule has 0 saturated carbocycles. The molecule has 0 aliphatic rings. The van der Waals surface area contributed by atoms with Crippen molar-refractivity contribution in [1.82, 2.24) is 9.97 Å². The van der Waals surface area contributed by atoms with Gasteiger partial charge < -0.3 is 11.1 Å². The SMILES string of the molecule is Cc1cnc(N)c(Nc2ccccc2)n1. The normalized spacial score (nSPS) is 9.93. The van der Waals surface area contributed by atoms with Gasteiger partial charge in [-0.05, 0) is 19.1 Å². The van der Waals surface area contributed by atoms with Gasteiger partial charge in [0.05, 0.1) is 11.9 Å². The molecule has 2 aromatic rings. The first-order chi connectivity index (χ1) is 7.25. The Kier molecular flexibility index (Phi) is 2.49. The highest BCUT2D eigenvalue weighted by molar-refractivity contribution is 5.65. The van der Waals surface area contributed by atoms with Crippen molar-refractivity contribution in [2.45, 2.75) is 6.92 Å². The van der Waals surface area contributed by atoms with Gasteiger partial charge in [0, 0.05) is 5.69 Å². The summed E-state index contributed by atoms with van der Waals surface area (Å²) in [6.45, 7) is 1.88. The van der Waals surface area contributed by atoms with E-state index >= 15 is 0 Å². The molecule has 0 bridgehead atoms. The lowest BCUT2D eigenvalue weighted by Crippen LogP contribution is -2.02. The van der Waals surface area contributed by atoms with Gasteiger partial charge >= 0.3 is 0 Å². The lowest BCUT2D eigenvalue weighted by Gasteiger charge is -2.07. The third-order valence-electron chi connectivity index (χ3n) is 1.96. The van der Waals surface area contributed by atoms with Crippen molar-refractivity contribution in [3.8, 4) is 0 Å². The van der Waals surface area contributed by atoms with Crippen LogP contribution >= 0.6 is 0 Å². The zero-order chi connectivity index (χ0) is 10.7. The molecule has 0 aliphatic carbocycles. The fourth-order valence-corrected chi connectivity index (χ4v) is 1.24. The summed E-state index contributed by atoms with van der Waals surface area (Å²) in [6, 6.07) is 9.74. The highest BCUT2D eigenvalue weighted by atomic mass is 15.1. The maximum Gasteiger partial charge on any atom is 0.173 e. The molecule has 0 amide bonds. The van der Waals surface area contributed by atoms with E-state index in [4.69, 9.17) is 5.73 Å². The maximum atomic E-state index is 5.70. The van der Waals surface area contributed by atoms with Crippen LogP contribution in [0.4, 0.5) is 17.3 Å². The molecule has 0 spiro atoms. The van der Waals surface area contributed by atoms with E-state index < -0.39 is 0 Å². The Bertz CT molecular complexity index is 453. The predicted molar refractivity (Wildman–Crippen MR) is 60.9 cm³/mol. The number of nitrogens with two attached hydrogens (primary N) is 1. The number of nitrogens with zero attached hydrogens (tertiary/aromatic N) is 2. The third kappa shape index (κ3) is 2.22. The summed E-state index contributed by atoms with van der Waals surface area (Å²) in [5.41, 5.74) is 7.49. The fourth-order valence-electron chi connectivity index (χ4n) is 1.24. The summed E-state index contributed by atoms with van der Waals surface area (Å²) in [4.78, 5) is 8.30. The number of para-hydroxylation sites is 1. The molecule has 1 aromatic carbocycles. The molecule has 76 valence electrons. The van der Waals surface area contributed by atoms with Gasteiger partial charge in [-0.1, -0.05) is 18.2 Å². The fraction of sp³-hybridized carbons (Fsp3) is 0.0909. The Morgan fingerprint density at radius 3 is 2.67 bits per heavy atom. The molecule has 4 nitrogen and oxygen atoms in total. The molecule has 0 unspecified atom stereocenters. The van der Waals surface area contributed by atoms with E-state index in [0.717, 1.165) is 11.4 Å². The zero-order valence-corrected chi connectivity index (χ0v) is 8.44. The van der Waals surface area contributed by atoms with Gasteiger partial charge in [0.25, 0.3) is 0 Å². The third-order valence-corrected chi connectivity index (χ3v) is 1.96. The molecule has 0 atom stereocenters. The second-order valence-corrected chi connectivity index (χ2v) is 3.24. The standard InChI is InChI=1S/C11H12N4/c1-8-7-13-10(12)11(14-8)15-9-5-3-2-4-6-9/h2-7H,1H3,(H2,12,13)(H,14,15). The Morgan fingerprint density at radius 2 is 1.93 bits per heavy atom. The van der Waals surface area contributed by atoms with E-state index in [9.17, 15) is 0 Å². The summed E-state index contributed by atoms with van der Waals surface area (Å²) in [7, 11) is 0. The Labute approximate surface area is 88.2 Å². The average Bonchev–Trinajstić information content (AvgIpc) is 2.25. The molecular weight excluding hydrogens is 188 g/mol. The van der Waals surface area contributed by atoms with Gasteiger partial charge in [-0.25, -0.2) is 9.97 Å². The van der Waals surface area contributed by atoms with Crippen LogP contribution in [-0.2, 0) is 0 Å². The van der Waals surface area contributed by atoms with Crippen LogP contribution in [0.15, 0.2) is 36.5 Å². The second-order valence-electron chi connectivity index (χ2n) is 3.24. The number of hydrogen-bond donors (Lipinski definition) is 2. The molecule has 3 N–H and O–H groups in total. The summed E-state index contributed by atoms with van der Waals surface area (Å²) >= 11 is 0. The van der Waals surface area contributed by atoms with Crippen LogP contribution in [0.3, 0.4) is 0 Å². The van der Waals surface area contributed by atoms with Crippen molar-refractivity contribution in [3.05, 3.63) is 42.2 Å². The molecular formula is C11H12N4. The van der Waals surface area contributed by atoms with Crippen LogP contribution in [0.5, 0.6) is 0 Å². The maximum absolute atomic E-state index is 5.70. The lowest BCUT2D eigenvalue weighted by molar-refractivity contribution is 1.13. The highest BCUT2D eigenvalue weighted by Gasteiger charge is 2.02. The number of hydrogen-bond acceptors (Lipinski definition) is 4. The number of aryl methyl sites for hydroxylation is 1. The van der Waals surface area contributed by atoms with Crippen molar-refractivity contribution in [2.24, 2.45) is 0 Å². The Morgan fingerprint density at radius 1 is 1.20 bits per heavy atom. The summed E-state index contributed by atoms with van der Waals surface area (Å²) in [5, 5.41) is 3.11. The first-order valence-corrected chi connectivity index (χ1v) is 4.67. The molecule has 1 aromatic heterocycles. The predicted octanol–water partition coefficient (Wildman–Crippen LogP) is 2.11. The minimum atomic E-state index is 0.407. The van der Waals surface area contributed by atoms with Crippen molar-refractivity contribution in [1.29, 1.82) is 0 Å². The van der Waals surface area contributed by atoms with E-state index in [1.807, 2.05) is 37.3 Å². The van der Waals surface area contributed by atoms with Crippen molar-refractivity contribution in [2.75, 3.05) is 11.1 Å². The number of aromatic nitrogens is 2. The van der Waals surface area contributed by atoms with Crippen LogP contribution in [0.25, 0.3) is 0 Å². The summed E-state index contributed by atoms with van der Waals surface area (Å²) < 4.78 is 0. The second kappa shape index (κ2) is 3.96. The number of nitrogen functional groups attached to an aromatic ring is 1. The smallest absolute Gasteiger partial charge is 0.173 e. The van der Waals surface area contributed by atoms with Gasteiger partial charge in [-0.3, -0.25) is 0 Å². The van der Waals surface area contributed by atoms with Crippen LogP contribution < -0.4 is 11.1 Å². The molecule has 0 radical (unpaired) electrons. The van der Waals surface area contributed by atoms with Crippen LogP contribution in [0.1, 0.15) is 5.69 Å². The summed E-state index contributed by atoms with van der Waals surface area (Å²) in [5.74, 6) is 1.01. The van der Waals surface area contributed by atoms with Gasteiger partial charge in [-0.15, -0.1) is 0 Å². The monoisotopic (exact) mass is 200 g/mol. The number of rotatable bonds is 2. The highest BCUT2D eigenvalue weighted by Crippen LogP contribution is 2.18. The first-order valence-electron chi connectivity index (χ1n) is 4.67. The topological polar surface area (TPSA) is 63.8 Å². The molecule has 15 heavy (non-hydrogen) atoms. The van der Waals surface area contributed by atoms with Gasteiger partial charge in [0.15, 0.2) is 11.6 Å². The molecule has 4 heteroatoms. The Hall–Kier alpha value is -2.10. The van der Waals surface area contributed by atoms with E-state index in [-0.39, 0.29) is 0 Å².